The molecule has 4 nitrogen and oxygen atoms in total. The Hall–Kier alpha value is -2.82. The fourth-order valence-electron chi connectivity index (χ4n) is 2.67. The van der Waals surface area contributed by atoms with E-state index in [-0.39, 0.29) is 17.4 Å². The van der Waals surface area contributed by atoms with Crippen molar-refractivity contribution in [2.24, 2.45) is 4.99 Å². The van der Waals surface area contributed by atoms with Crippen LogP contribution in [0.25, 0.3) is 10.9 Å². The summed E-state index contributed by atoms with van der Waals surface area (Å²) in [7, 11) is 5.72. The lowest BCUT2D eigenvalue weighted by Gasteiger charge is -1.98. The van der Waals surface area contributed by atoms with Gasteiger partial charge in [-0.15, -0.1) is 0 Å². The molecule has 0 amide bonds. The van der Waals surface area contributed by atoms with E-state index < -0.39 is 0 Å². The summed E-state index contributed by atoms with van der Waals surface area (Å²) >= 11 is 0. The van der Waals surface area contributed by atoms with E-state index in [2.05, 4.69) is 9.98 Å². The first kappa shape index (κ1) is 12.0. The van der Waals surface area contributed by atoms with E-state index >= 15 is 0 Å². The molecule has 0 fully saturated rings. The number of rotatable bonds is 1. The Bertz CT molecular complexity index is 941. The summed E-state index contributed by atoms with van der Waals surface area (Å²) in [5, 5.41) is 10.9. The van der Waals surface area contributed by atoms with Crippen LogP contribution in [0.3, 0.4) is 0 Å². The molecule has 21 heavy (non-hydrogen) atoms. The number of ketones is 1. The molecule has 1 aliphatic heterocycles. The molecule has 98 valence electrons. The molecular weight excluding hydrogens is 263 g/mol. The van der Waals surface area contributed by atoms with Gasteiger partial charge in [-0.2, -0.15) is 0 Å². The average Bonchev–Trinajstić information content (AvgIpc) is 2.95. The zero-order chi connectivity index (χ0) is 14.6. The molecule has 5 heteroatoms. The van der Waals surface area contributed by atoms with Gasteiger partial charge in [0.25, 0.3) is 0 Å². The first-order valence-electron chi connectivity index (χ1n) is 6.48. The van der Waals surface area contributed by atoms with Crippen molar-refractivity contribution in [2.45, 2.75) is 0 Å². The number of benzene rings is 2. The van der Waals surface area contributed by atoms with Crippen molar-refractivity contribution in [3.05, 3.63) is 53.6 Å². The van der Waals surface area contributed by atoms with Crippen LogP contribution in [0.1, 0.15) is 15.9 Å². The summed E-state index contributed by atoms with van der Waals surface area (Å²) in [6, 6.07) is 12.4. The highest BCUT2D eigenvalue weighted by atomic mass is 16.3. The normalized spacial score (nSPS) is 13.5. The van der Waals surface area contributed by atoms with E-state index in [4.69, 9.17) is 7.85 Å². The molecule has 0 bridgehead atoms. The molecule has 4 rings (SSSR count). The monoisotopic (exact) mass is 272 g/mol. The largest absolute Gasteiger partial charge is 0.494 e. The third kappa shape index (κ3) is 1.64. The van der Waals surface area contributed by atoms with Crippen LogP contribution in [0.4, 0.5) is 5.69 Å². The van der Waals surface area contributed by atoms with Crippen molar-refractivity contribution in [3.8, 4) is 5.88 Å². The summed E-state index contributed by atoms with van der Waals surface area (Å²) < 4.78 is 0. The molecule has 0 aliphatic carbocycles. The molecular formula is C16H9BN2O2. The molecule has 0 saturated carbocycles. The Labute approximate surface area is 121 Å². The topological polar surface area (TPSA) is 65.5 Å². The maximum absolute atomic E-state index is 12.5. The predicted molar refractivity (Wildman–Crippen MR) is 82.3 cm³/mol. The number of nitrogens with one attached hydrogen (secondary N) is 1. The van der Waals surface area contributed by atoms with Gasteiger partial charge in [-0.3, -0.25) is 4.79 Å². The van der Waals surface area contributed by atoms with Crippen molar-refractivity contribution < 1.29 is 9.90 Å². The third-order valence-electron chi connectivity index (χ3n) is 3.64. The molecule has 0 atom stereocenters. The van der Waals surface area contributed by atoms with Gasteiger partial charge in [0.15, 0.2) is 5.88 Å². The minimum Gasteiger partial charge on any atom is -0.494 e. The Morgan fingerprint density at radius 2 is 1.95 bits per heavy atom. The fourth-order valence-corrected chi connectivity index (χ4v) is 2.67. The van der Waals surface area contributed by atoms with Gasteiger partial charge in [0.05, 0.1) is 11.3 Å². The van der Waals surface area contributed by atoms with Gasteiger partial charge < -0.3 is 10.1 Å². The molecule has 3 aromatic rings. The standard InChI is InChI=1S/C16H9BN2O2/c17-8-5-6-10-12(7-8)18-14(15(10)20)13-9-3-1-2-4-11(9)19-16(13)21/h1-7,19,21H. The number of aromatic amines is 1. The highest BCUT2D eigenvalue weighted by Crippen LogP contribution is 2.34. The van der Waals surface area contributed by atoms with Crippen LogP contribution in [0.15, 0.2) is 47.5 Å². The van der Waals surface area contributed by atoms with Crippen LogP contribution in [-0.4, -0.2) is 29.4 Å². The lowest BCUT2D eigenvalue weighted by atomic mass is 9.93. The Kier molecular flexibility index (Phi) is 2.33. The molecule has 2 N–H and O–H groups in total. The summed E-state index contributed by atoms with van der Waals surface area (Å²) in [4.78, 5) is 19.7. The molecule has 2 radical (unpaired) electrons. The quantitative estimate of drug-likeness (QED) is 0.665. The maximum Gasteiger partial charge on any atom is 0.214 e. The van der Waals surface area contributed by atoms with E-state index in [1.807, 2.05) is 24.3 Å². The molecule has 2 aromatic carbocycles. The third-order valence-corrected chi connectivity index (χ3v) is 3.64. The maximum atomic E-state index is 12.5. The first-order valence-corrected chi connectivity index (χ1v) is 6.48. The van der Waals surface area contributed by atoms with Gasteiger partial charge in [0.2, 0.25) is 5.78 Å². The lowest BCUT2D eigenvalue weighted by molar-refractivity contribution is 0.107. The highest BCUT2D eigenvalue weighted by Gasteiger charge is 2.29. The Morgan fingerprint density at radius 1 is 1.14 bits per heavy atom. The van der Waals surface area contributed by atoms with Gasteiger partial charge >= 0.3 is 0 Å². The van der Waals surface area contributed by atoms with E-state index in [0.717, 1.165) is 10.9 Å². The SMILES string of the molecule is [B]c1ccc2c(c1)N=C(c1c(O)[nH]c3ccccc13)C2=O. The number of para-hydroxylation sites is 1. The Balaban J connectivity index is 1.97. The molecule has 0 saturated heterocycles. The number of Topliss-reactive ketones (excluding diaryl/α,β-unsaturated/α-hetero) is 1. The van der Waals surface area contributed by atoms with E-state index in [0.29, 0.717) is 22.3 Å². The number of H-pyrrole nitrogens is 1. The molecule has 0 spiro atoms. The van der Waals surface area contributed by atoms with E-state index in [9.17, 15) is 9.90 Å². The average molecular weight is 272 g/mol. The second kappa shape index (κ2) is 4.09. The second-order valence-corrected chi connectivity index (χ2v) is 4.96. The van der Waals surface area contributed by atoms with Crippen LogP contribution in [0.5, 0.6) is 5.88 Å². The smallest absolute Gasteiger partial charge is 0.214 e. The van der Waals surface area contributed by atoms with Gasteiger partial charge in [0.1, 0.15) is 13.6 Å². The number of carbonyl (C=O) groups excluding carboxylic acids is 1. The first-order chi connectivity index (χ1) is 10.1. The van der Waals surface area contributed by atoms with Crippen LogP contribution >= 0.6 is 0 Å². The molecule has 2 heterocycles. The van der Waals surface area contributed by atoms with Crippen molar-refractivity contribution in [2.75, 3.05) is 0 Å². The Morgan fingerprint density at radius 3 is 2.81 bits per heavy atom. The van der Waals surface area contributed by atoms with Gasteiger partial charge in [-0.1, -0.05) is 29.7 Å². The van der Waals surface area contributed by atoms with Crippen molar-refractivity contribution in [1.82, 2.24) is 4.98 Å². The zero-order valence-corrected chi connectivity index (χ0v) is 10.9. The molecule has 1 aliphatic rings. The molecule has 0 unspecified atom stereocenters. The fraction of sp³-hybridized carbons (Fsp3) is 0. The van der Waals surface area contributed by atoms with Crippen LogP contribution in [0, 0.1) is 0 Å². The second-order valence-electron chi connectivity index (χ2n) is 4.96. The van der Waals surface area contributed by atoms with Crippen molar-refractivity contribution in [3.63, 3.8) is 0 Å². The number of fused-ring (bicyclic) bond motifs is 2. The van der Waals surface area contributed by atoms with E-state index in [1.165, 1.54) is 0 Å². The van der Waals surface area contributed by atoms with Crippen molar-refractivity contribution >= 4 is 41.4 Å². The van der Waals surface area contributed by atoms with Crippen molar-refractivity contribution in [1.29, 1.82) is 0 Å². The van der Waals surface area contributed by atoms with Gasteiger partial charge in [0, 0.05) is 16.5 Å². The number of hydrogen-bond donors (Lipinski definition) is 2. The summed E-state index contributed by atoms with van der Waals surface area (Å²) in [5.41, 5.74) is 3.03. The lowest BCUT2D eigenvalue weighted by Crippen LogP contribution is -2.11. The summed E-state index contributed by atoms with van der Waals surface area (Å²) in [5.74, 6) is -0.255. The number of aromatic nitrogens is 1. The zero-order valence-electron chi connectivity index (χ0n) is 10.9. The number of aromatic hydroxyl groups is 1. The number of carbonyl (C=O) groups is 1. The van der Waals surface area contributed by atoms with Crippen LogP contribution in [0.2, 0.25) is 0 Å². The number of nitrogens with zero attached hydrogens (tertiary/aromatic N) is 1. The van der Waals surface area contributed by atoms with Gasteiger partial charge in [-0.25, -0.2) is 4.99 Å². The molecule has 1 aromatic heterocycles. The summed E-state index contributed by atoms with van der Waals surface area (Å²) in [6.45, 7) is 0. The minimum absolute atomic E-state index is 0.0518. The van der Waals surface area contributed by atoms with Crippen LogP contribution < -0.4 is 5.46 Å². The van der Waals surface area contributed by atoms with E-state index in [1.54, 1.807) is 18.2 Å². The number of hydrogen-bond acceptors (Lipinski definition) is 3. The van der Waals surface area contributed by atoms with Crippen LogP contribution in [-0.2, 0) is 0 Å². The van der Waals surface area contributed by atoms with Gasteiger partial charge in [-0.05, 0) is 18.2 Å². The predicted octanol–water partition coefficient (Wildman–Crippen LogP) is 1.98. The number of aliphatic imine (C=N–C) groups is 1. The minimum atomic E-state index is -0.204. The summed E-state index contributed by atoms with van der Waals surface area (Å²) in [6.07, 6.45) is 0. The highest BCUT2D eigenvalue weighted by molar-refractivity contribution is 6.57.